The third kappa shape index (κ3) is 3.83. The molecule has 3 rings (SSSR count). The molecule has 2 fully saturated rings. The maximum Gasteiger partial charge on any atom is 0.320 e. The lowest BCUT2D eigenvalue weighted by Crippen LogP contribution is -2.41. The van der Waals surface area contributed by atoms with Gasteiger partial charge in [-0.15, -0.1) is 0 Å². The van der Waals surface area contributed by atoms with Gasteiger partial charge in [0, 0.05) is 37.7 Å². The van der Waals surface area contributed by atoms with E-state index >= 15 is 0 Å². The number of nitrogens with one attached hydrogen (secondary N) is 2. The van der Waals surface area contributed by atoms with Gasteiger partial charge in [0.15, 0.2) is 0 Å². The first-order valence-electron chi connectivity index (χ1n) is 8.44. The summed E-state index contributed by atoms with van der Waals surface area (Å²) >= 11 is 0. The van der Waals surface area contributed by atoms with Crippen LogP contribution in [0.3, 0.4) is 0 Å². The molecule has 0 radical (unpaired) electrons. The van der Waals surface area contributed by atoms with Crippen LogP contribution in [-0.2, 0) is 11.3 Å². The summed E-state index contributed by atoms with van der Waals surface area (Å²) in [5, 5.41) is 10.2. The van der Waals surface area contributed by atoms with Crippen LogP contribution in [0, 0.1) is 12.8 Å². The largest absolute Gasteiger partial charge is 0.341 e. The lowest BCUT2D eigenvalue weighted by molar-refractivity contribution is -0.129. The molecule has 1 unspecified atom stereocenters. The van der Waals surface area contributed by atoms with Crippen molar-refractivity contribution in [3.63, 3.8) is 0 Å². The number of carbonyl (C=O) groups is 2. The average Bonchev–Trinajstić information content (AvgIpc) is 3.13. The second-order valence-electron chi connectivity index (χ2n) is 6.58. The highest BCUT2D eigenvalue weighted by atomic mass is 16.2. The molecule has 2 heterocycles. The Labute approximate surface area is 136 Å². The predicted octanol–water partition coefficient (Wildman–Crippen LogP) is 1.73. The van der Waals surface area contributed by atoms with Crippen LogP contribution in [0.15, 0.2) is 6.20 Å². The van der Waals surface area contributed by atoms with E-state index in [1.54, 1.807) is 6.20 Å². The van der Waals surface area contributed by atoms with Crippen LogP contribution in [0.2, 0.25) is 0 Å². The molecule has 0 spiro atoms. The van der Waals surface area contributed by atoms with Gasteiger partial charge in [-0.05, 0) is 32.1 Å². The molecule has 1 atom stereocenters. The Morgan fingerprint density at radius 2 is 2.13 bits per heavy atom. The zero-order valence-corrected chi connectivity index (χ0v) is 13.8. The predicted molar refractivity (Wildman–Crippen MR) is 87.1 cm³/mol. The van der Waals surface area contributed by atoms with Gasteiger partial charge in [-0.3, -0.25) is 10.1 Å². The third-order valence-corrected chi connectivity index (χ3v) is 4.56. The number of aryl methyl sites for hydroxylation is 1. The normalized spacial score (nSPS) is 20.6. The van der Waals surface area contributed by atoms with E-state index in [4.69, 9.17) is 0 Å². The van der Waals surface area contributed by atoms with E-state index in [1.165, 1.54) is 12.8 Å². The molecular weight excluding hydrogens is 294 g/mol. The van der Waals surface area contributed by atoms with Crippen LogP contribution >= 0.6 is 0 Å². The van der Waals surface area contributed by atoms with E-state index in [-0.39, 0.29) is 18.0 Å². The van der Waals surface area contributed by atoms with Crippen LogP contribution in [0.1, 0.15) is 38.2 Å². The summed E-state index contributed by atoms with van der Waals surface area (Å²) < 4.78 is 1.88. The van der Waals surface area contributed by atoms with Gasteiger partial charge in [0.25, 0.3) is 0 Å². The van der Waals surface area contributed by atoms with Gasteiger partial charge in [0.1, 0.15) is 5.82 Å². The molecule has 126 valence electrons. The first-order valence-corrected chi connectivity index (χ1v) is 8.44. The Morgan fingerprint density at radius 3 is 2.83 bits per heavy atom. The van der Waals surface area contributed by atoms with Crippen molar-refractivity contribution < 1.29 is 9.59 Å². The van der Waals surface area contributed by atoms with E-state index in [9.17, 15) is 9.59 Å². The van der Waals surface area contributed by atoms with Crippen molar-refractivity contribution in [3.8, 4) is 0 Å². The van der Waals surface area contributed by atoms with E-state index in [1.807, 2.05) is 23.4 Å². The summed E-state index contributed by atoms with van der Waals surface area (Å²) in [5.41, 5.74) is 0.968. The van der Waals surface area contributed by atoms with Gasteiger partial charge in [0.2, 0.25) is 5.91 Å². The molecule has 1 aliphatic heterocycles. The van der Waals surface area contributed by atoms with Crippen molar-refractivity contribution in [3.05, 3.63) is 11.8 Å². The van der Waals surface area contributed by atoms with Crippen molar-refractivity contribution in [1.29, 1.82) is 0 Å². The monoisotopic (exact) mass is 319 g/mol. The van der Waals surface area contributed by atoms with Crippen molar-refractivity contribution in [2.45, 2.75) is 52.1 Å². The third-order valence-electron chi connectivity index (χ3n) is 4.56. The standard InChI is InChI=1S/C16H25N5O2/c1-3-14(22)20-7-6-13(10-20)18-16(23)19-15-11(2)8-17-21(15)9-12-4-5-12/h8,12-13H,3-7,9-10H2,1-2H3,(H2,18,19,23). The van der Waals surface area contributed by atoms with Crippen LogP contribution in [0.5, 0.6) is 0 Å². The van der Waals surface area contributed by atoms with Crippen molar-refractivity contribution in [2.24, 2.45) is 5.92 Å². The first kappa shape index (κ1) is 15.8. The van der Waals surface area contributed by atoms with E-state index < -0.39 is 0 Å². The molecule has 1 aliphatic carbocycles. The minimum Gasteiger partial charge on any atom is -0.341 e. The molecule has 0 aromatic carbocycles. The van der Waals surface area contributed by atoms with E-state index in [0.717, 1.165) is 30.9 Å². The first-order chi connectivity index (χ1) is 11.1. The van der Waals surface area contributed by atoms with Gasteiger partial charge in [0.05, 0.1) is 6.20 Å². The lowest BCUT2D eigenvalue weighted by atomic mass is 10.3. The molecule has 3 amide bonds. The van der Waals surface area contributed by atoms with Crippen LogP contribution in [0.25, 0.3) is 0 Å². The van der Waals surface area contributed by atoms with Crippen molar-refractivity contribution >= 4 is 17.8 Å². The number of amides is 3. The number of urea groups is 1. The summed E-state index contributed by atoms with van der Waals surface area (Å²) in [6.07, 6.45) is 5.59. The topological polar surface area (TPSA) is 79.3 Å². The zero-order valence-electron chi connectivity index (χ0n) is 13.8. The van der Waals surface area contributed by atoms with Crippen molar-refractivity contribution in [2.75, 3.05) is 18.4 Å². The molecule has 7 nitrogen and oxygen atoms in total. The minimum absolute atomic E-state index is 0.0191. The minimum atomic E-state index is -0.221. The Bertz CT molecular complexity index is 593. The van der Waals surface area contributed by atoms with Crippen LogP contribution < -0.4 is 10.6 Å². The molecule has 23 heavy (non-hydrogen) atoms. The highest BCUT2D eigenvalue weighted by Gasteiger charge is 2.27. The van der Waals surface area contributed by atoms with Gasteiger partial charge < -0.3 is 10.2 Å². The van der Waals surface area contributed by atoms with Crippen LogP contribution in [0.4, 0.5) is 10.6 Å². The molecule has 1 aromatic heterocycles. The number of likely N-dealkylation sites (tertiary alicyclic amines) is 1. The molecule has 2 aliphatic rings. The molecule has 0 bridgehead atoms. The molecule has 1 aromatic rings. The number of nitrogens with zero attached hydrogens (tertiary/aromatic N) is 3. The fraction of sp³-hybridized carbons (Fsp3) is 0.688. The zero-order chi connectivity index (χ0) is 16.4. The SMILES string of the molecule is CCC(=O)N1CCC(NC(=O)Nc2c(C)cnn2CC2CC2)C1. The summed E-state index contributed by atoms with van der Waals surface area (Å²) in [5.74, 6) is 1.61. The fourth-order valence-corrected chi connectivity index (χ4v) is 2.98. The van der Waals surface area contributed by atoms with E-state index in [2.05, 4.69) is 15.7 Å². The number of hydrogen-bond acceptors (Lipinski definition) is 3. The number of anilines is 1. The quantitative estimate of drug-likeness (QED) is 0.867. The maximum atomic E-state index is 12.3. The highest BCUT2D eigenvalue weighted by molar-refractivity contribution is 5.89. The number of hydrogen-bond donors (Lipinski definition) is 2. The molecular formula is C16H25N5O2. The van der Waals surface area contributed by atoms with Crippen LogP contribution in [-0.4, -0.2) is 45.8 Å². The van der Waals surface area contributed by atoms with Crippen molar-refractivity contribution in [1.82, 2.24) is 20.0 Å². The summed E-state index contributed by atoms with van der Waals surface area (Å²) in [4.78, 5) is 25.8. The van der Waals surface area contributed by atoms with Gasteiger partial charge in [-0.2, -0.15) is 5.10 Å². The molecule has 7 heteroatoms. The summed E-state index contributed by atoms with van der Waals surface area (Å²) in [6.45, 7) is 5.99. The summed E-state index contributed by atoms with van der Waals surface area (Å²) in [6, 6.07) is -0.202. The second kappa shape index (κ2) is 6.60. The number of rotatable bonds is 5. The molecule has 2 N–H and O–H groups in total. The smallest absolute Gasteiger partial charge is 0.320 e. The Kier molecular flexibility index (Phi) is 4.54. The molecule has 1 saturated carbocycles. The lowest BCUT2D eigenvalue weighted by Gasteiger charge is -2.17. The number of carbonyl (C=O) groups excluding carboxylic acids is 2. The Balaban J connectivity index is 1.53. The summed E-state index contributed by atoms with van der Waals surface area (Å²) in [7, 11) is 0. The number of aromatic nitrogens is 2. The Hall–Kier alpha value is -2.05. The average molecular weight is 319 g/mol. The fourth-order valence-electron chi connectivity index (χ4n) is 2.98. The van der Waals surface area contributed by atoms with Gasteiger partial charge in [-0.1, -0.05) is 6.92 Å². The molecule has 1 saturated heterocycles. The van der Waals surface area contributed by atoms with Gasteiger partial charge >= 0.3 is 6.03 Å². The Morgan fingerprint density at radius 1 is 1.35 bits per heavy atom. The highest BCUT2D eigenvalue weighted by Crippen LogP contribution is 2.31. The maximum absolute atomic E-state index is 12.3. The second-order valence-corrected chi connectivity index (χ2v) is 6.58. The van der Waals surface area contributed by atoms with E-state index in [0.29, 0.717) is 18.9 Å². The van der Waals surface area contributed by atoms with Gasteiger partial charge in [-0.25, -0.2) is 9.48 Å².